The number of fused-ring (bicyclic) bond motifs is 4. The summed E-state index contributed by atoms with van der Waals surface area (Å²) in [5.41, 5.74) is 7.20. The summed E-state index contributed by atoms with van der Waals surface area (Å²) in [5.74, 6) is 0. The van der Waals surface area contributed by atoms with Crippen LogP contribution in [0.1, 0.15) is 32.5 Å². The maximum Gasteiger partial charge on any atom is 0.220 e. The molecule has 0 fully saturated rings. The van der Waals surface area contributed by atoms with E-state index in [1.807, 2.05) is 13.0 Å². The van der Waals surface area contributed by atoms with Gasteiger partial charge in [-0.2, -0.15) is 4.57 Å². The van der Waals surface area contributed by atoms with Gasteiger partial charge in [-0.1, -0.05) is 36.4 Å². The van der Waals surface area contributed by atoms with Crippen LogP contribution in [0.3, 0.4) is 0 Å². The highest BCUT2D eigenvalue weighted by Crippen LogP contribution is 2.37. The lowest BCUT2D eigenvalue weighted by atomic mass is 9.97. The number of aromatic nitrogens is 2. The van der Waals surface area contributed by atoms with Gasteiger partial charge >= 0.3 is 0 Å². The van der Waals surface area contributed by atoms with Crippen LogP contribution in [-0.4, -0.2) is 4.57 Å². The van der Waals surface area contributed by atoms with Gasteiger partial charge in [-0.25, -0.2) is 0 Å². The number of benzene rings is 3. The van der Waals surface area contributed by atoms with Crippen molar-refractivity contribution in [2.75, 3.05) is 0 Å². The number of aryl methyl sites for hydroxylation is 1. The molecule has 0 unspecified atom stereocenters. The van der Waals surface area contributed by atoms with Crippen molar-refractivity contribution in [3.8, 4) is 11.3 Å². The summed E-state index contributed by atoms with van der Waals surface area (Å²) in [6.45, 7) is 8.74. The molecule has 2 heterocycles. The Kier molecular flexibility index (Phi) is 3.73. The van der Waals surface area contributed by atoms with Crippen LogP contribution in [0.2, 0.25) is 0 Å². The molecular formula is C27H27N2+. The normalized spacial score (nSPS) is 12.4. The molecule has 5 aromatic rings. The van der Waals surface area contributed by atoms with Gasteiger partial charge in [-0.15, -0.1) is 0 Å². The molecule has 0 N–H and O–H groups in total. The molecule has 0 spiro atoms. The first-order chi connectivity index (χ1) is 14.4. The standard InChI is InChI=1S/C27H27N2/c1-17(2)29-25-13-9-8-12-22(25)24-14-18(3)23(16-26(24)29)27-21-11-7-6-10-20(21)15-19(4)28(27)5/h6-17H,1-5H3/q+1/i15D. The zero-order valence-electron chi connectivity index (χ0n) is 18.7. The summed E-state index contributed by atoms with van der Waals surface area (Å²) >= 11 is 0. The van der Waals surface area contributed by atoms with Gasteiger partial charge in [0, 0.05) is 35.3 Å². The summed E-state index contributed by atoms with van der Waals surface area (Å²) in [6.07, 6.45) is 0. The van der Waals surface area contributed by atoms with Crippen LogP contribution in [0.4, 0.5) is 0 Å². The van der Waals surface area contributed by atoms with E-state index in [9.17, 15) is 0 Å². The Bertz CT molecular complexity index is 1460. The van der Waals surface area contributed by atoms with E-state index in [1.54, 1.807) is 0 Å². The van der Waals surface area contributed by atoms with E-state index >= 15 is 0 Å². The average molecular weight is 381 g/mol. The van der Waals surface area contributed by atoms with Crippen LogP contribution >= 0.6 is 0 Å². The van der Waals surface area contributed by atoms with E-state index in [0.717, 1.165) is 16.5 Å². The lowest BCUT2D eigenvalue weighted by Gasteiger charge is -2.14. The van der Waals surface area contributed by atoms with Gasteiger partial charge in [-0.3, -0.25) is 0 Å². The molecule has 0 aliphatic heterocycles. The molecule has 0 bridgehead atoms. The van der Waals surface area contributed by atoms with E-state index in [0.29, 0.717) is 12.1 Å². The number of hydrogen-bond acceptors (Lipinski definition) is 0. The third-order valence-corrected chi connectivity index (χ3v) is 6.16. The van der Waals surface area contributed by atoms with Crippen LogP contribution in [0.15, 0.2) is 66.7 Å². The number of para-hydroxylation sites is 1. The fourth-order valence-corrected chi connectivity index (χ4v) is 4.72. The molecule has 0 aliphatic rings. The van der Waals surface area contributed by atoms with Gasteiger partial charge in [-0.05, 0) is 56.0 Å². The largest absolute Gasteiger partial charge is 0.338 e. The SMILES string of the molecule is [2H]c1c(C)[n+](C)c(-c2cc3c(cc2C)c2ccccc2n3C(C)C)c2ccccc12. The summed E-state index contributed by atoms with van der Waals surface area (Å²) in [4.78, 5) is 0. The van der Waals surface area contributed by atoms with Gasteiger partial charge in [0.2, 0.25) is 5.69 Å². The minimum absolute atomic E-state index is 0.366. The smallest absolute Gasteiger partial charge is 0.220 e. The van der Waals surface area contributed by atoms with Crippen molar-refractivity contribution in [1.29, 1.82) is 0 Å². The monoisotopic (exact) mass is 380 g/mol. The van der Waals surface area contributed by atoms with E-state index in [1.165, 1.54) is 38.6 Å². The lowest BCUT2D eigenvalue weighted by Crippen LogP contribution is -2.35. The molecule has 2 aromatic heterocycles. The molecule has 5 rings (SSSR count). The number of rotatable bonds is 2. The second-order valence-electron chi connectivity index (χ2n) is 8.33. The Morgan fingerprint density at radius 1 is 0.862 bits per heavy atom. The van der Waals surface area contributed by atoms with Crippen molar-refractivity contribution in [1.82, 2.24) is 4.57 Å². The third-order valence-electron chi connectivity index (χ3n) is 6.16. The van der Waals surface area contributed by atoms with Crippen LogP contribution in [0.5, 0.6) is 0 Å². The first kappa shape index (κ1) is 16.8. The van der Waals surface area contributed by atoms with Gasteiger partial charge in [0.1, 0.15) is 7.05 Å². The van der Waals surface area contributed by atoms with Gasteiger partial charge in [0.05, 0.1) is 17.8 Å². The number of pyridine rings is 1. The highest BCUT2D eigenvalue weighted by molar-refractivity contribution is 6.10. The third kappa shape index (κ3) is 2.59. The van der Waals surface area contributed by atoms with Crippen molar-refractivity contribution in [2.45, 2.75) is 33.7 Å². The number of nitrogens with zero attached hydrogens (tertiary/aromatic N) is 2. The number of hydrogen-bond donors (Lipinski definition) is 0. The predicted molar refractivity (Wildman–Crippen MR) is 123 cm³/mol. The molecule has 144 valence electrons. The van der Waals surface area contributed by atoms with Gasteiger partial charge < -0.3 is 4.57 Å². The average Bonchev–Trinajstić information content (AvgIpc) is 3.06. The van der Waals surface area contributed by atoms with E-state index in [-0.39, 0.29) is 0 Å². The van der Waals surface area contributed by atoms with Crippen LogP contribution in [-0.2, 0) is 7.05 Å². The van der Waals surface area contributed by atoms with Crippen molar-refractivity contribution in [3.05, 3.63) is 78.0 Å². The molecule has 29 heavy (non-hydrogen) atoms. The molecule has 0 radical (unpaired) electrons. The van der Waals surface area contributed by atoms with Crippen LogP contribution in [0.25, 0.3) is 43.8 Å². The Hall–Kier alpha value is -3.13. The fourth-order valence-electron chi connectivity index (χ4n) is 4.72. The zero-order valence-corrected chi connectivity index (χ0v) is 17.7. The Balaban J connectivity index is 1.96. The second kappa shape index (κ2) is 6.45. The van der Waals surface area contributed by atoms with E-state index in [2.05, 4.69) is 91.6 Å². The van der Waals surface area contributed by atoms with Gasteiger partial charge in [0.15, 0.2) is 5.69 Å². The van der Waals surface area contributed by atoms with E-state index < -0.39 is 0 Å². The molecular weight excluding hydrogens is 352 g/mol. The molecule has 0 saturated carbocycles. The summed E-state index contributed by atoms with van der Waals surface area (Å²) in [5, 5.41) is 4.75. The topological polar surface area (TPSA) is 8.81 Å². The first-order valence-corrected chi connectivity index (χ1v) is 10.3. The summed E-state index contributed by atoms with van der Waals surface area (Å²) in [7, 11) is 2.08. The first-order valence-electron chi connectivity index (χ1n) is 10.8. The minimum Gasteiger partial charge on any atom is -0.338 e. The molecule has 2 heteroatoms. The van der Waals surface area contributed by atoms with Crippen LogP contribution < -0.4 is 4.57 Å². The summed E-state index contributed by atoms with van der Waals surface area (Å²) < 4.78 is 13.2. The maximum absolute atomic E-state index is 8.61. The lowest BCUT2D eigenvalue weighted by molar-refractivity contribution is -0.665. The maximum atomic E-state index is 8.61. The molecule has 0 atom stereocenters. The molecule has 0 aliphatic carbocycles. The Morgan fingerprint density at radius 3 is 2.31 bits per heavy atom. The molecule has 0 saturated heterocycles. The Morgan fingerprint density at radius 2 is 1.55 bits per heavy atom. The Labute approximate surface area is 173 Å². The van der Waals surface area contributed by atoms with Gasteiger partial charge in [0.25, 0.3) is 0 Å². The van der Waals surface area contributed by atoms with Crippen molar-refractivity contribution < 1.29 is 5.94 Å². The van der Waals surface area contributed by atoms with Crippen LogP contribution in [0, 0.1) is 13.8 Å². The van der Waals surface area contributed by atoms with Crippen molar-refractivity contribution in [3.63, 3.8) is 0 Å². The van der Waals surface area contributed by atoms with Crippen molar-refractivity contribution >= 4 is 32.6 Å². The van der Waals surface area contributed by atoms with E-state index in [4.69, 9.17) is 1.37 Å². The quantitative estimate of drug-likeness (QED) is 0.304. The second-order valence-corrected chi connectivity index (χ2v) is 8.33. The minimum atomic E-state index is 0.366. The molecule has 2 nitrogen and oxygen atoms in total. The predicted octanol–water partition coefficient (Wildman–Crippen LogP) is 6.64. The zero-order chi connectivity index (χ0) is 21.2. The molecule has 3 aromatic carbocycles. The highest BCUT2D eigenvalue weighted by atomic mass is 15.0. The summed E-state index contributed by atoms with van der Waals surface area (Å²) in [6, 6.07) is 22.7. The van der Waals surface area contributed by atoms with Crippen molar-refractivity contribution in [2.24, 2.45) is 7.05 Å². The fraction of sp³-hybridized carbons (Fsp3) is 0.222. The highest BCUT2D eigenvalue weighted by Gasteiger charge is 2.22. The molecule has 0 amide bonds.